The summed E-state index contributed by atoms with van der Waals surface area (Å²) in [5, 5.41) is 1.07. The minimum Gasteiger partial charge on any atom is -0.382 e. The van der Waals surface area contributed by atoms with Crippen LogP contribution in [0.4, 0.5) is 0 Å². The maximum Gasteiger partial charge on any atom is 0.215 e. The Balaban J connectivity index is 0.000000192. The van der Waals surface area contributed by atoms with E-state index in [1.165, 1.54) is 24.1 Å². The van der Waals surface area contributed by atoms with Gasteiger partial charge in [0.15, 0.2) is 0 Å². The molecule has 0 radical (unpaired) electrons. The third kappa shape index (κ3) is 6.00. The van der Waals surface area contributed by atoms with Gasteiger partial charge in [-0.15, -0.1) is 0 Å². The summed E-state index contributed by atoms with van der Waals surface area (Å²) in [4.78, 5) is 6.43. The molecule has 2 aliphatic heterocycles. The van der Waals surface area contributed by atoms with Crippen molar-refractivity contribution in [2.24, 2.45) is 0 Å². The summed E-state index contributed by atoms with van der Waals surface area (Å²) in [6, 6.07) is 12.1. The molecule has 2 atom stereocenters. The van der Waals surface area contributed by atoms with Crippen molar-refractivity contribution >= 4 is 23.2 Å². The molecule has 8 heteroatoms. The highest BCUT2D eigenvalue weighted by Crippen LogP contribution is 2.40. The van der Waals surface area contributed by atoms with Gasteiger partial charge < -0.3 is 23.7 Å². The molecule has 34 heavy (non-hydrogen) atoms. The number of fused-ring (bicyclic) bond motifs is 1. The van der Waals surface area contributed by atoms with Crippen molar-refractivity contribution < 1.29 is 14.2 Å². The second-order valence-corrected chi connectivity index (χ2v) is 9.72. The zero-order chi connectivity index (χ0) is 24.1. The first-order valence-corrected chi connectivity index (χ1v) is 12.1. The summed E-state index contributed by atoms with van der Waals surface area (Å²) >= 11 is 12.4. The molecule has 3 aromatic rings. The summed E-state index contributed by atoms with van der Waals surface area (Å²) in [7, 11) is 3.82. The molecule has 0 N–H and O–H groups in total. The zero-order valence-corrected chi connectivity index (χ0v) is 21.4. The molecule has 1 fully saturated rings. The SMILES string of the molecule is COC[C@H]1CO[C@](Cn2ccnc2)(c2ccc(Cl)cc2Cl)O1.Cc1ccc2c(c1)CCN(C)C2. The van der Waals surface area contributed by atoms with Crippen LogP contribution >= 0.6 is 23.2 Å². The first-order chi connectivity index (χ1) is 16.4. The number of nitrogens with zero attached hydrogens (tertiary/aromatic N) is 3. The molecule has 1 aromatic heterocycles. The van der Waals surface area contributed by atoms with Gasteiger partial charge in [-0.25, -0.2) is 4.98 Å². The van der Waals surface area contributed by atoms with Gasteiger partial charge in [-0.3, -0.25) is 0 Å². The van der Waals surface area contributed by atoms with Crippen LogP contribution in [0.5, 0.6) is 0 Å². The van der Waals surface area contributed by atoms with Crippen LogP contribution in [-0.2, 0) is 39.5 Å². The molecule has 182 valence electrons. The van der Waals surface area contributed by atoms with Gasteiger partial charge in [-0.05, 0) is 43.7 Å². The van der Waals surface area contributed by atoms with E-state index in [0.29, 0.717) is 29.8 Å². The Hall–Kier alpha value is -1.93. The quantitative estimate of drug-likeness (QED) is 0.485. The van der Waals surface area contributed by atoms with Crippen LogP contribution < -0.4 is 0 Å². The molecule has 0 unspecified atom stereocenters. The lowest BCUT2D eigenvalue weighted by molar-refractivity contribution is -0.190. The number of ether oxygens (including phenoxy) is 3. The number of methoxy groups -OCH3 is 1. The van der Waals surface area contributed by atoms with Crippen LogP contribution in [0, 0.1) is 6.92 Å². The maximum absolute atomic E-state index is 6.36. The third-order valence-corrected chi connectivity index (χ3v) is 6.62. The minimum atomic E-state index is -0.981. The monoisotopic (exact) mass is 503 g/mol. The molecule has 6 nitrogen and oxygen atoms in total. The van der Waals surface area contributed by atoms with E-state index in [9.17, 15) is 0 Å². The number of benzene rings is 2. The van der Waals surface area contributed by atoms with E-state index in [2.05, 4.69) is 42.1 Å². The van der Waals surface area contributed by atoms with Gasteiger partial charge in [0.05, 0.1) is 31.1 Å². The predicted molar refractivity (Wildman–Crippen MR) is 134 cm³/mol. The lowest BCUT2D eigenvalue weighted by atomic mass is 9.98. The Kier molecular flexibility index (Phi) is 8.30. The minimum absolute atomic E-state index is 0.153. The second kappa shape index (κ2) is 11.2. The van der Waals surface area contributed by atoms with Crippen LogP contribution in [0.3, 0.4) is 0 Å². The van der Waals surface area contributed by atoms with Gasteiger partial charge in [0.2, 0.25) is 5.79 Å². The van der Waals surface area contributed by atoms with Crippen LogP contribution in [0.1, 0.15) is 22.3 Å². The number of hydrogen-bond donors (Lipinski definition) is 0. The first kappa shape index (κ1) is 25.2. The van der Waals surface area contributed by atoms with Crippen LogP contribution in [0.25, 0.3) is 0 Å². The van der Waals surface area contributed by atoms with Gasteiger partial charge in [-0.2, -0.15) is 0 Å². The lowest BCUT2D eigenvalue weighted by Crippen LogP contribution is -2.34. The zero-order valence-electron chi connectivity index (χ0n) is 19.8. The molecular weight excluding hydrogens is 473 g/mol. The Morgan fingerprint density at radius 2 is 2.03 bits per heavy atom. The lowest BCUT2D eigenvalue weighted by Gasteiger charge is -2.29. The molecule has 0 aliphatic carbocycles. The first-order valence-electron chi connectivity index (χ1n) is 11.4. The fraction of sp³-hybridized carbons (Fsp3) is 0.423. The highest BCUT2D eigenvalue weighted by atomic mass is 35.5. The van der Waals surface area contributed by atoms with E-state index in [0.717, 1.165) is 12.1 Å². The summed E-state index contributed by atoms with van der Waals surface area (Å²) in [6.07, 6.45) is 6.33. The Morgan fingerprint density at radius 3 is 2.76 bits per heavy atom. The topological polar surface area (TPSA) is 48.8 Å². The normalized spacial score (nSPS) is 22.2. The fourth-order valence-corrected chi connectivity index (χ4v) is 4.94. The van der Waals surface area contributed by atoms with Crippen molar-refractivity contribution in [1.82, 2.24) is 14.5 Å². The summed E-state index contributed by atoms with van der Waals surface area (Å²) < 4.78 is 19.2. The Morgan fingerprint density at radius 1 is 1.18 bits per heavy atom. The third-order valence-electron chi connectivity index (χ3n) is 6.07. The molecule has 0 spiro atoms. The number of hydrogen-bond acceptors (Lipinski definition) is 5. The molecule has 2 aromatic carbocycles. The van der Waals surface area contributed by atoms with Crippen molar-refractivity contribution in [2.75, 3.05) is 33.9 Å². The number of halogens is 2. The highest BCUT2D eigenvalue weighted by Gasteiger charge is 2.45. The van der Waals surface area contributed by atoms with Gasteiger partial charge in [0, 0.05) is 43.2 Å². The second-order valence-electron chi connectivity index (χ2n) is 8.88. The van der Waals surface area contributed by atoms with Crippen LogP contribution in [0.2, 0.25) is 10.0 Å². The van der Waals surface area contributed by atoms with Crippen LogP contribution in [-0.4, -0.2) is 54.5 Å². The van der Waals surface area contributed by atoms with E-state index >= 15 is 0 Å². The summed E-state index contributed by atoms with van der Waals surface area (Å²) in [6.45, 7) is 5.82. The molecule has 3 heterocycles. The molecule has 0 bridgehead atoms. The van der Waals surface area contributed by atoms with Gasteiger partial charge in [-0.1, -0.05) is 53.0 Å². The van der Waals surface area contributed by atoms with Gasteiger partial charge in [0.25, 0.3) is 0 Å². The molecule has 5 rings (SSSR count). The number of rotatable bonds is 5. The summed E-state index contributed by atoms with van der Waals surface area (Å²) in [5.41, 5.74) is 5.19. The average molecular weight is 504 g/mol. The smallest absolute Gasteiger partial charge is 0.215 e. The van der Waals surface area contributed by atoms with Crippen LogP contribution in [0.15, 0.2) is 55.1 Å². The molecule has 2 aliphatic rings. The van der Waals surface area contributed by atoms with Gasteiger partial charge in [0.1, 0.15) is 6.10 Å². The van der Waals surface area contributed by atoms with E-state index in [1.807, 2.05) is 16.8 Å². The standard InChI is InChI=1S/C15H16Cl2N2O3.C11H15N/c1-20-7-12-8-21-15(22-12,9-19-5-4-18-10-19)13-3-2-11(16)6-14(13)17;1-9-3-4-11-8-12(2)6-5-10(11)7-9/h2-6,10,12H,7-9H2,1H3;3-4,7H,5-6,8H2,1-2H3/t12-,15-;/m0./s1. The van der Waals surface area contributed by atoms with Crippen molar-refractivity contribution in [3.8, 4) is 0 Å². The Labute approximate surface area is 211 Å². The van der Waals surface area contributed by atoms with Crippen molar-refractivity contribution in [3.05, 3.63) is 87.4 Å². The highest BCUT2D eigenvalue weighted by molar-refractivity contribution is 6.35. The molecule has 1 saturated heterocycles. The Bertz CT molecular complexity index is 1090. The average Bonchev–Trinajstić information content (AvgIpc) is 3.45. The van der Waals surface area contributed by atoms with E-state index in [1.54, 1.807) is 37.3 Å². The maximum atomic E-state index is 6.36. The van der Waals surface area contributed by atoms with Crippen molar-refractivity contribution in [2.45, 2.75) is 38.3 Å². The number of likely N-dealkylation sites (N-methyl/N-ethyl adjacent to an activating group) is 1. The van der Waals surface area contributed by atoms with E-state index < -0.39 is 5.79 Å². The number of aromatic nitrogens is 2. The largest absolute Gasteiger partial charge is 0.382 e. The molecule has 0 amide bonds. The fourth-order valence-electron chi connectivity index (χ4n) is 4.38. The number of aryl methyl sites for hydroxylation is 1. The van der Waals surface area contributed by atoms with E-state index in [4.69, 9.17) is 37.4 Å². The van der Waals surface area contributed by atoms with Crippen molar-refractivity contribution in [1.29, 1.82) is 0 Å². The predicted octanol–water partition coefficient (Wildman–Crippen LogP) is 5.09. The van der Waals surface area contributed by atoms with Crippen molar-refractivity contribution in [3.63, 3.8) is 0 Å². The summed E-state index contributed by atoms with van der Waals surface area (Å²) in [5.74, 6) is -0.981. The number of imidazole rings is 1. The molecule has 0 saturated carbocycles. The molecular formula is C26H31Cl2N3O3. The van der Waals surface area contributed by atoms with E-state index in [-0.39, 0.29) is 6.10 Å². The van der Waals surface area contributed by atoms with Gasteiger partial charge >= 0.3 is 0 Å².